The van der Waals surface area contributed by atoms with Gasteiger partial charge in [0.1, 0.15) is 5.58 Å². The van der Waals surface area contributed by atoms with E-state index in [1.165, 1.54) is 0 Å². The molecular formula is C17H17ClN2O2S. The Morgan fingerprint density at radius 2 is 2.22 bits per heavy atom. The second-order valence-electron chi connectivity index (χ2n) is 5.71. The van der Waals surface area contributed by atoms with Crippen molar-refractivity contribution in [3.05, 3.63) is 50.6 Å². The summed E-state index contributed by atoms with van der Waals surface area (Å²) < 4.78 is 5.66. The van der Waals surface area contributed by atoms with Crippen molar-refractivity contribution in [2.45, 2.75) is 33.2 Å². The van der Waals surface area contributed by atoms with Crippen molar-refractivity contribution in [1.29, 1.82) is 0 Å². The third kappa shape index (κ3) is 3.26. The number of amides is 1. The molecular weight excluding hydrogens is 332 g/mol. The number of furan rings is 1. The van der Waals surface area contributed by atoms with Gasteiger partial charge in [0.2, 0.25) is 0 Å². The Hall–Kier alpha value is -1.85. The number of rotatable bonds is 4. The van der Waals surface area contributed by atoms with E-state index in [1.54, 1.807) is 23.5 Å². The van der Waals surface area contributed by atoms with Crippen LogP contribution in [0, 0.1) is 6.92 Å². The van der Waals surface area contributed by atoms with E-state index in [9.17, 15) is 4.79 Å². The summed E-state index contributed by atoms with van der Waals surface area (Å²) in [4.78, 5) is 16.9. The average molecular weight is 349 g/mol. The molecule has 4 nitrogen and oxygen atoms in total. The van der Waals surface area contributed by atoms with Crippen LogP contribution >= 0.6 is 22.9 Å². The van der Waals surface area contributed by atoms with Crippen molar-refractivity contribution >= 4 is 39.8 Å². The highest BCUT2D eigenvalue weighted by Gasteiger charge is 2.18. The lowest BCUT2D eigenvalue weighted by Crippen LogP contribution is -2.23. The number of carbonyl (C=O) groups is 1. The van der Waals surface area contributed by atoms with Crippen molar-refractivity contribution in [2.24, 2.45) is 0 Å². The van der Waals surface area contributed by atoms with Crippen molar-refractivity contribution in [3.8, 4) is 0 Å². The van der Waals surface area contributed by atoms with Crippen LogP contribution in [0.3, 0.4) is 0 Å². The molecule has 2 heterocycles. The normalized spacial score (nSPS) is 11.3. The molecule has 120 valence electrons. The molecule has 0 fully saturated rings. The van der Waals surface area contributed by atoms with E-state index in [0.29, 0.717) is 28.8 Å². The maximum absolute atomic E-state index is 12.4. The number of aryl methyl sites for hydroxylation is 1. The Balaban J connectivity index is 1.76. The third-order valence-corrected chi connectivity index (χ3v) is 5.03. The number of nitrogens with zero attached hydrogens (tertiary/aromatic N) is 1. The summed E-state index contributed by atoms with van der Waals surface area (Å²) in [6.45, 7) is 6.45. The van der Waals surface area contributed by atoms with Crippen LogP contribution in [-0.2, 0) is 6.54 Å². The molecule has 23 heavy (non-hydrogen) atoms. The zero-order chi connectivity index (χ0) is 16.6. The van der Waals surface area contributed by atoms with E-state index in [4.69, 9.17) is 16.0 Å². The van der Waals surface area contributed by atoms with Gasteiger partial charge < -0.3 is 9.73 Å². The van der Waals surface area contributed by atoms with Gasteiger partial charge in [0.05, 0.1) is 17.2 Å². The van der Waals surface area contributed by atoms with Gasteiger partial charge >= 0.3 is 0 Å². The molecule has 1 aromatic carbocycles. The summed E-state index contributed by atoms with van der Waals surface area (Å²) in [5, 5.41) is 7.39. The van der Waals surface area contributed by atoms with Gasteiger partial charge in [0.25, 0.3) is 5.91 Å². The minimum absolute atomic E-state index is 0.242. The number of aromatic nitrogens is 1. The first-order valence-electron chi connectivity index (χ1n) is 7.37. The Bertz CT molecular complexity index is 867. The first-order valence-corrected chi connectivity index (χ1v) is 8.62. The fourth-order valence-electron chi connectivity index (χ4n) is 2.33. The number of benzene rings is 1. The van der Waals surface area contributed by atoms with E-state index < -0.39 is 0 Å². The maximum Gasteiger partial charge on any atom is 0.287 e. The summed E-state index contributed by atoms with van der Waals surface area (Å²) in [6.07, 6.45) is 0. The topological polar surface area (TPSA) is 55.1 Å². The molecule has 0 aliphatic rings. The second kappa shape index (κ2) is 6.34. The summed E-state index contributed by atoms with van der Waals surface area (Å²) >= 11 is 7.61. The van der Waals surface area contributed by atoms with Crippen LogP contribution in [0.4, 0.5) is 0 Å². The zero-order valence-corrected chi connectivity index (χ0v) is 14.7. The fraction of sp³-hybridized carbons (Fsp3) is 0.294. The lowest BCUT2D eigenvalue weighted by atomic mass is 10.1. The Morgan fingerprint density at radius 3 is 2.91 bits per heavy atom. The largest absolute Gasteiger partial charge is 0.451 e. The highest BCUT2D eigenvalue weighted by atomic mass is 35.5. The van der Waals surface area contributed by atoms with Crippen molar-refractivity contribution < 1.29 is 9.21 Å². The summed E-state index contributed by atoms with van der Waals surface area (Å²) in [6, 6.07) is 5.33. The Morgan fingerprint density at radius 1 is 1.43 bits per heavy atom. The summed E-state index contributed by atoms with van der Waals surface area (Å²) in [5.41, 5.74) is 2.32. The predicted octanol–water partition coefficient (Wildman–Crippen LogP) is 4.90. The second-order valence-corrected chi connectivity index (χ2v) is 7.04. The number of thiazole rings is 1. The summed E-state index contributed by atoms with van der Waals surface area (Å²) in [7, 11) is 0. The maximum atomic E-state index is 12.4. The average Bonchev–Trinajstić information content (AvgIpc) is 3.11. The number of halogens is 1. The van der Waals surface area contributed by atoms with E-state index >= 15 is 0 Å². The smallest absolute Gasteiger partial charge is 0.287 e. The highest BCUT2D eigenvalue weighted by Crippen LogP contribution is 2.28. The van der Waals surface area contributed by atoms with Gasteiger partial charge in [-0.1, -0.05) is 25.4 Å². The molecule has 0 spiro atoms. The number of hydrogen-bond acceptors (Lipinski definition) is 4. The molecule has 1 amide bonds. The molecule has 3 aromatic rings. The quantitative estimate of drug-likeness (QED) is 0.729. The number of nitrogens with one attached hydrogen (secondary N) is 1. The minimum atomic E-state index is -0.242. The van der Waals surface area contributed by atoms with Crippen LogP contribution in [0.2, 0.25) is 5.02 Å². The monoisotopic (exact) mass is 348 g/mol. The van der Waals surface area contributed by atoms with Crippen LogP contribution in [0.5, 0.6) is 0 Å². The van der Waals surface area contributed by atoms with Crippen LogP contribution < -0.4 is 5.32 Å². The van der Waals surface area contributed by atoms with Gasteiger partial charge in [-0.25, -0.2) is 4.98 Å². The molecule has 0 radical (unpaired) electrons. The van der Waals surface area contributed by atoms with E-state index in [1.807, 2.05) is 18.4 Å². The van der Waals surface area contributed by atoms with Gasteiger partial charge in [-0.3, -0.25) is 4.79 Å². The first kappa shape index (κ1) is 16.0. The van der Waals surface area contributed by atoms with Gasteiger partial charge in [0, 0.05) is 27.3 Å². The fourth-order valence-corrected chi connectivity index (χ4v) is 3.34. The molecule has 0 saturated carbocycles. The molecule has 0 saturated heterocycles. The zero-order valence-electron chi connectivity index (χ0n) is 13.1. The molecule has 3 rings (SSSR count). The van der Waals surface area contributed by atoms with Gasteiger partial charge in [-0.2, -0.15) is 0 Å². The molecule has 0 atom stereocenters. The van der Waals surface area contributed by atoms with E-state index in [-0.39, 0.29) is 5.91 Å². The molecule has 0 unspecified atom stereocenters. The first-order chi connectivity index (χ1) is 11.0. The predicted molar refractivity (Wildman–Crippen MR) is 93.3 cm³/mol. The van der Waals surface area contributed by atoms with Crippen LogP contribution in [-0.4, -0.2) is 10.9 Å². The Labute approximate surface area is 143 Å². The number of hydrogen-bond donors (Lipinski definition) is 1. The Kier molecular flexibility index (Phi) is 4.41. The number of carbonyl (C=O) groups excluding carboxylic acids is 1. The molecule has 0 aliphatic heterocycles. The van der Waals surface area contributed by atoms with Crippen LogP contribution in [0.1, 0.15) is 46.6 Å². The van der Waals surface area contributed by atoms with Crippen molar-refractivity contribution in [2.75, 3.05) is 0 Å². The molecule has 2 aromatic heterocycles. The molecule has 6 heteroatoms. The molecule has 0 aliphatic carbocycles. The standard InChI is InChI=1S/C17H17ClN2O2S/c1-9(2)17-20-12(8-23-17)7-19-16(21)15-10(3)13-6-11(18)4-5-14(13)22-15/h4-6,8-9H,7H2,1-3H3,(H,19,21). The van der Waals surface area contributed by atoms with Crippen molar-refractivity contribution in [1.82, 2.24) is 10.3 Å². The lowest BCUT2D eigenvalue weighted by molar-refractivity contribution is 0.0924. The summed E-state index contributed by atoms with van der Waals surface area (Å²) in [5.74, 6) is 0.474. The van der Waals surface area contributed by atoms with Gasteiger partial charge in [0.15, 0.2) is 5.76 Å². The molecule has 0 bridgehead atoms. The lowest BCUT2D eigenvalue weighted by Gasteiger charge is -2.02. The highest BCUT2D eigenvalue weighted by molar-refractivity contribution is 7.09. The van der Waals surface area contributed by atoms with Crippen molar-refractivity contribution in [3.63, 3.8) is 0 Å². The van der Waals surface area contributed by atoms with E-state index in [0.717, 1.165) is 21.7 Å². The van der Waals surface area contributed by atoms with Gasteiger partial charge in [-0.15, -0.1) is 11.3 Å². The van der Waals surface area contributed by atoms with E-state index in [2.05, 4.69) is 24.1 Å². The SMILES string of the molecule is Cc1c(C(=O)NCc2csc(C(C)C)n2)oc2ccc(Cl)cc12. The number of fused-ring (bicyclic) bond motifs is 1. The van der Waals surface area contributed by atoms with Crippen LogP contribution in [0.15, 0.2) is 28.0 Å². The van der Waals surface area contributed by atoms with Gasteiger partial charge in [-0.05, 0) is 25.1 Å². The van der Waals surface area contributed by atoms with Crippen LogP contribution in [0.25, 0.3) is 11.0 Å². The minimum Gasteiger partial charge on any atom is -0.451 e. The molecule has 1 N–H and O–H groups in total. The third-order valence-electron chi connectivity index (χ3n) is 3.60.